The van der Waals surface area contributed by atoms with Gasteiger partial charge in [-0.1, -0.05) is 37.3 Å². The Morgan fingerprint density at radius 2 is 2.08 bits per heavy atom. The lowest BCUT2D eigenvalue weighted by Crippen LogP contribution is -2.01. The number of carbonyl (C=O) groups is 1. The topological polar surface area (TPSA) is 17.1 Å². The van der Waals surface area contributed by atoms with E-state index in [9.17, 15) is 4.79 Å². The van der Waals surface area contributed by atoms with E-state index in [-0.39, 0.29) is 5.25 Å². The SMILES string of the molecule is CCC(C=O)SCc1ccccc1. The van der Waals surface area contributed by atoms with Crippen molar-refractivity contribution in [3.8, 4) is 0 Å². The van der Waals surface area contributed by atoms with Gasteiger partial charge in [0.2, 0.25) is 0 Å². The van der Waals surface area contributed by atoms with Crippen molar-refractivity contribution in [1.82, 2.24) is 0 Å². The molecule has 0 N–H and O–H groups in total. The molecule has 1 aromatic carbocycles. The smallest absolute Gasteiger partial charge is 0.132 e. The van der Waals surface area contributed by atoms with Crippen LogP contribution in [0.25, 0.3) is 0 Å². The Morgan fingerprint density at radius 1 is 1.38 bits per heavy atom. The molecule has 0 saturated heterocycles. The van der Waals surface area contributed by atoms with Crippen LogP contribution in [0.1, 0.15) is 18.9 Å². The molecule has 1 atom stereocenters. The molecule has 0 bridgehead atoms. The average molecular weight is 194 g/mol. The van der Waals surface area contributed by atoms with Crippen LogP contribution < -0.4 is 0 Å². The van der Waals surface area contributed by atoms with E-state index in [1.807, 2.05) is 25.1 Å². The number of benzene rings is 1. The molecule has 1 nitrogen and oxygen atoms in total. The predicted molar refractivity (Wildman–Crippen MR) is 57.9 cm³/mol. The highest BCUT2D eigenvalue weighted by Crippen LogP contribution is 2.18. The van der Waals surface area contributed by atoms with Gasteiger partial charge in [0.1, 0.15) is 6.29 Å². The number of thioether (sulfide) groups is 1. The highest BCUT2D eigenvalue weighted by Gasteiger charge is 2.03. The van der Waals surface area contributed by atoms with Crippen LogP contribution in [0.15, 0.2) is 30.3 Å². The quantitative estimate of drug-likeness (QED) is 0.670. The van der Waals surface area contributed by atoms with Crippen molar-refractivity contribution in [1.29, 1.82) is 0 Å². The summed E-state index contributed by atoms with van der Waals surface area (Å²) in [5, 5.41) is 0.153. The van der Waals surface area contributed by atoms with Gasteiger partial charge in [0.05, 0.1) is 5.25 Å². The van der Waals surface area contributed by atoms with Gasteiger partial charge in [-0.05, 0) is 12.0 Å². The van der Waals surface area contributed by atoms with Crippen LogP contribution in [0, 0.1) is 0 Å². The standard InChI is InChI=1S/C11H14OS/c1-2-11(8-12)13-9-10-6-4-3-5-7-10/h3-8,11H,2,9H2,1H3. The largest absolute Gasteiger partial charge is 0.302 e. The number of hydrogen-bond acceptors (Lipinski definition) is 2. The summed E-state index contributed by atoms with van der Waals surface area (Å²) in [6.45, 7) is 2.04. The molecule has 0 radical (unpaired) electrons. The molecule has 1 aromatic rings. The van der Waals surface area contributed by atoms with E-state index >= 15 is 0 Å². The van der Waals surface area contributed by atoms with E-state index in [0.29, 0.717) is 0 Å². The third-order valence-electron chi connectivity index (χ3n) is 1.86. The molecule has 1 rings (SSSR count). The van der Waals surface area contributed by atoms with Crippen LogP contribution >= 0.6 is 11.8 Å². The molecule has 2 heteroatoms. The van der Waals surface area contributed by atoms with Gasteiger partial charge in [-0.3, -0.25) is 0 Å². The van der Waals surface area contributed by atoms with Gasteiger partial charge >= 0.3 is 0 Å². The predicted octanol–water partition coefficient (Wildman–Crippen LogP) is 2.90. The zero-order chi connectivity index (χ0) is 9.52. The van der Waals surface area contributed by atoms with Gasteiger partial charge in [0, 0.05) is 5.75 Å². The minimum atomic E-state index is 0.153. The van der Waals surface area contributed by atoms with Crippen LogP contribution in [-0.2, 0) is 10.5 Å². The molecule has 1 unspecified atom stereocenters. The Labute approximate surface area is 83.5 Å². The van der Waals surface area contributed by atoms with E-state index in [4.69, 9.17) is 0 Å². The second kappa shape index (κ2) is 5.81. The van der Waals surface area contributed by atoms with Crippen molar-refractivity contribution in [2.45, 2.75) is 24.3 Å². The monoisotopic (exact) mass is 194 g/mol. The summed E-state index contributed by atoms with van der Waals surface area (Å²) in [7, 11) is 0. The first-order valence-electron chi connectivity index (χ1n) is 4.47. The minimum absolute atomic E-state index is 0.153. The van der Waals surface area contributed by atoms with Crippen LogP contribution in [0.2, 0.25) is 0 Å². The normalized spacial score (nSPS) is 12.4. The van der Waals surface area contributed by atoms with Gasteiger partial charge in [-0.25, -0.2) is 0 Å². The van der Waals surface area contributed by atoms with Crippen LogP contribution in [0.5, 0.6) is 0 Å². The lowest BCUT2D eigenvalue weighted by Gasteiger charge is -2.06. The molecule has 0 heterocycles. The molecule has 0 aliphatic heterocycles. The molecule has 0 saturated carbocycles. The van der Waals surface area contributed by atoms with Gasteiger partial charge in [0.15, 0.2) is 0 Å². The summed E-state index contributed by atoms with van der Waals surface area (Å²) in [4.78, 5) is 10.5. The molecule has 0 amide bonds. The first kappa shape index (κ1) is 10.3. The summed E-state index contributed by atoms with van der Waals surface area (Å²) >= 11 is 1.71. The molecule has 0 aromatic heterocycles. The summed E-state index contributed by atoms with van der Waals surface area (Å²) in [6, 6.07) is 10.2. The van der Waals surface area contributed by atoms with Crippen molar-refractivity contribution < 1.29 is 4.79 Å². The zero-order valence-electron chi connectivity index (χ0n) is 7.77. The molecule has 13 heavy (non-hydrogen) atoms. The highest BCUT2D eigenvalue weighted by molar-refractivity contribution is 7.99. The molecule has 0 aliphatic carbocycles. The first-order chi connectivity index (χ1) is 6.36. The molecular weight excluding hydrogens is 180 g/mol. The van der Waals surface area contributed by atoms with Crippen molar-refractivity contribution in [3.63, 3.8) is 0 Å². The molecule has 0 spiro atoms. The van der Waals surface area contributed by atoms with E-state index in [1.54, 1.807) is 11.8 Å². The number of rotatable bonds is 5. The van der Waals surface area contributed by atoms with E-state index < -0.39 is 0 Å². The van der Waals surface area contributed by atoms with Gasteiger partial charge < -0.3 is 4.79 Å². The third kappa shape index (κ3) is 3.64. The Morgan fingerprint density at radius 3 is 2.62 bits per heavy atom. The van der Waals surface area contributed by atoms with E-state index in [0.717, 1.165) is 18.5 Å². The fourth-order valence-electron chi connectivity index (χ4n) is 1.03. The number of carbonyl (C=O) groups excluding carboxylic acids is 1. The maximum absolute atomic E-state index is 10.5. The van der Waals surface area contributed by atoms with Gasteiger partial charge in [0.25, 0.3) is 0 Å². The molecule has 70 valence electrons. The van der Waals surface area contributed by atoms with Crippen molar-refractivity contribution in [2.24, 2.45) is 0 Å². The van der Waals surface area contributed by atoms with E-state index in [2.05, 4.69) is 12.1 Å². The Bertz CT molecular complexity index is 246. The summed E-state index contributed by atoms with van der Waals surface area (Å²) in [5.41, 5.74) is 1.28. The van der Waals surface area contributed by atoms with E-state index in [1.165, 1.54) is 5.56 Å². The number of hydrogen-bond donors (Lipinski definition) is 0. The Balaban J connectivity index is 2.38. The Hall–Kier alpha value is -0.760. The minimum Gasteiger partial charge on any atom is -0.302 e. The average Bonchev–Trinajstić information content (AvgIpc) is 2.21. The summed E-state index contributed by atoms with van der Waals surface area (Å²) in [6.07, 6.45) is 1.95. The van der Waals surface area contributed by atoms with Crippen LogP contribution in [-0.4, -0.2) is 11.5 Å². The molecule has 0 aliphatic rings. The van der Waals surface area contributed by atoms with Crippen molar-refractivity contribution >= 4 is 18.0 Å². The second-order valence-electron chi connectivity index (χ2n) is 2.88. The maximum atomic E-state index is 10.5. The van der Waals surface area contributed by atoms with Crippen LogP contribution in [0.4, 0.5) is 0 Å². The first-order valence-corrected chi connectivity index (χ1v) is 5.52. The van der Waals surface area contributed by atoms with Crippen molar-refractivity contribution in [3.05, 3.63) is 35.9 Å². The van der Waals surface area contributed by atoms with Gasteiger partial charge in [-0.2, -0.15) is 0 Å². The number of aldehydes is 1. The maximum Gasteiger partial charge on any atom is 0.132 e. The Kier molecular flexibility index (Phi) is 4.61. The second-order valence-corrected chi connectivity index (χ2v) is 4.11. The van der Waals surface area contributed by atoms with Crippen LogP contribution in [0.3, 0.4) is 0 Å². The fourth-order valence-corrected chi connectivity index (χ4v) is 1.94. The fraction of sp³-hybridized carbons (Fsp3) is 0.364. The lowest BCUT2D eigenvalue weighted by molar-refractivity contribution is -0.107. The zero-order valence-corrected chi connectivity index (χ0v) is 8.59. The highest BCUT2D eigenvalue weighted by atomic mass is 32.2. The summed E-state index contributed by atoms with van der Waals surface area (Å²) in [5.74, 6) is 0.929. The lowest BCUT2D eigenvalue weighted by atomic mass is 10.2. The van der Waals surface area contributed by atoms with Gasteiger partial charge in [-0.15, -0.1) is 11.8 Å². The third-order valence-corrected chi connectivity index (χ3v) is 3.23. The summed E-state index contributed by atoms with van der Waals surface area (Å²) < 4.78 is 0. The van der Waals surface area contributed by atoms with Crippen molar-refractivity contribution in [2.75, 3.05) is 0 Å². The molecular formula is C11H14OS. The molecule has 0 fully saturated rings.